The van der Waals surface area contributed by atoms with Gasteiger partial charge in [0.15, 0.2) is 0 Å². The largest absolute Gasteiger partial charge is 0.495 e. The number of hydrogen-bond acceptors (Lipinski definition) is 3. The average molecular weight is 232 g/mol. The number of fused-ring (bicyclic) bond motifs is 2. The third-order valence-corrected chi connectivity index (χ3v) is 3.92. The minimum absolute atomic E-state index is 0.799. The van der Waals surface area contributed by atoms with Crippen LogP contribution in [0.5, 0.6) is 5.75 Å². The van der Waals surface area contributed by atoms with Gasteiger partial charge >= 0.3 is 0 Å². The molecule has 0 aromatic heterocycles. The number of methoxy groups -OCH3 is 1. The summed E-state index contributed by atoms with van der Waals surface area (Å²) in [5, 5.41) is 3.53. The van der Waals surface area contributed by atoms with Crippen LogP contribution >= 0.6 is 0 Å². The van der Waals surface area contributed by atoms with Crippen LogP contribution in [0.1, 0.15) is 6.42 Å². The summed E-state index contributed by atoms with van der Waals surface area (Å²) in [7, 11) is 1.76. The summed E-state index contributed by atoms with van der Waals surface area (Å²) in [5.41, 5.74) is 1.26. The van der Waals surface area contributed by atoms with Crippen LogP contribution in [-0.4, -0.2) is 33.3 Å². The molecule has 0 saturated carbocycles. The van der Waals surface area contributed by atoms with Crippen molar-refractivity contribution in [1.29, 1.82) is 0 Å². The van der Waals surface area contributed by atoms with Crippen LogP contribution in [-0.2, 0) is 0 Å². The molecule has 2 aliphatic rings. The lowest BCUT2D eigenvalue weighted by molar-refractivity contribution is 0.248. The normalized spacial score (nSPS) is 27.9. The standard InChI is InChI=1S/C14H20N2O/c1-17-14-5-3-2-4-13(14)16-9-11-6-12(10-16)8-15-7-11/h2-5,11-12,15H,6-10H2,1H3. The number of para-hydroxylation sites is 2. The van der Waals surface area contributed by atoms with Crippen molar-refractivity contribution in [2.75, 3.05) is 38.2 Å². The SMILES string of the molecule is COc1ccccc1N1CC2CNCC(C2)C1. The van der Waals surface area contributed by atoms with Gasteiger partial charge in [-0.1, -0.05) is 12.1 Å². The molecule has 3 nitrogen and oxygen atoms in total. The predicted octanol–water partition coefficient (Wildman–Crippen LogP) is 1.74. The van der Waals surface area contributed by atoms with Crippen LogP contribution in [0.3, 0.4) is 0 Å². The van der Waals surface area contributed by atoms with Gasteiger partial charge in [0, 0.05) is 13.1 Å². The molecule has 2 bridgehead atoms. The molecule has 1 aromatic rings. The van der Waals surface area contributed by atoms with Gasteiger partial charge in [-0.25, -0.2) is 0 Å². The second-order valence-electron chi connectivity index (χ2n) is 5.20. The fraction of sp³-hybridized carbons (Fsp3) is 0.571. The van der Waals surface area contributed by atoms with E-state index in [4.69, 9.17) is 4.74 Å². The fourth-order valence-corrected chi connectivity index (χ4v) is 3.19. The molecule has 2 saturated heterocycles. The van der Waals surface area contributed by atoms with E-state index in [1.54, 1.807) is 7.11 Å². The zero-order valence-electron chi connectivity index (χ0n) is 10.4. The second kappa shape index (κ2) is 4.57. The fourth-order valence-electron chi connectivity index (χ4n) is 3.19. The zero-order chi connectivity index (χ0) is 11.7. The Hall–Kier alpha value is -1.22. The number of benzene rings is 1. The van der Waals surface area contributed by atoms with Gasteiger partial charge < -0.3 is 15.0 Å². The number of nitrogens with one attached hydrogen (secondary N) is 1. The summed E-state index contributed by atoms with van der Waals surface area (Å²) in [6.45, 7) is 4.65. The Labute approximate surface area is 103 Å². The zero-order valence-corrected chi connectivity index (χ0v) is 10.4. The third-order valence-electron chi connectivity index (χ3n) is 3.92. The molecule has 2 aliphatic heterocycles. The van der Waals surface area contributed by atoms with E-state index in [0.717, 1.165) is 30.7 Å². The first kappa shape index (κ1) is 10.9. The lowest BCUT2D eigenvalue weighted by atomic mass is 9.85. The monoisotopic (exact) mass is 232 g/mol. The van der Waals surface area contributed by atoms with Crippen molar-refractivity contribution >= 4 is 5.69 Å². The van der Waals surface area contributed by atoms with Crippen molar-refractivity contribution in [2.24, 2.45) is 11.8 Å². The summed E-state index contributed by atoms with van der Waals surface area (Å²) < 4.78 is 5.46. The highest BCUT2D eigenvalue weighted by atomic mass is 16.5. The van der Waals surface area contributed by atoms with Gasteiger partial charge in [-0.05, 0) is 43.5 Å². The van der Waals surface area contributed by atoms with Crippen molar-refractivity contribution in [3.63, 3.8) is 0 Å². The van der Waals surface area contributed by atoms with Crippen LogP contribution in [0.4, 0.5) is 5.69 Å². The van der Waals surface area contributed by atoms with Crippen molar-refractivity contribution in [3.05, 3.63) is 24.3 Å². The topological polar surface area (TPSA) is 24.5 Å². The van der Waals surface area contributed by atoms with E-state index in [1.165, 1.54) is 25.2 Å². The minimum Gasteiger partial charge on any atom is -0.495 e. The van der Waals surface area contributed by atoms with E-state index >= 15 is 0 Å². The van der Waals surface area contributed by atoms with Gasteiger partial charge in [0.2, 0.25) is 0 Å². The van der Waals surface area contributed by atoms with Crippen LogP contribution in [0.15, 0.2) is 24.3 Å². The van der Waals surface area contributed by atoms with Gasteiger partial charge in [0.1, 0.15) is 5.75 Å². The molecule has 1 aromatic carbocycles. The third kappa shape index (κ3) is 2.12. The van der Waals surface area contributed by atoms with E-state index in [9.17, 15) is 0 Å². The maximum Gasteiger partial charge on any atom is 0.142 e. The highest BCUT2D eigenvalue weighted by Crippen LogP contribution is 2.33. The van der Waals surface area contributed by atoms with Crippen molar-refractivity contribution in [1.82, 2.24) is 5.32 Å². The Bertz CT molecular complexity index is 382. The Morgan fingerprint density at radius 3 is 2.59 bits per heavy atom. The molecule has 3 heteroatoms. The molecular weight excluding hydrogens is 212 g/mol. The van der Waals surface area contributed by atoms with Gasteiger partial charge in [0.05, 0.1) is 12.8 Å². The molecule has 2 unspecified atom stereocenters. The summed E-state index contributed by atoms with van der Waals surface area (Å²) in [6.07, 6.45) is 1.39. The molecule has 92 valence electrons. The van der Waals surface area contributed by atoms with Crippen LogP contribution in [0.25, 0.3) is 0 Å². The molecule has 0 aliphatic carbocycles. The molecular formula is C14H20N2O. The molecule has 0 spiro atoms. The molecule has 2 fully saturated rings. The Kier molecular flexibility index (Phi) is 2.93. The first-order valence-electron chi connectivity index (χ1n) is 6.45. The molecule has 17 heavy (non-hydrogen) atoms. The van der Waals surface area contributed by atoms with Crippen LogP contribution in [0.2, 0.25) is 0 Å². The summed E-state index contributed by atoms with van der Waals surface area (Å²) >= 11 is 0. The van der Waals surface area contributed by atoms with Crippen molar-refractivity contribution < 1.29 is 4.74 Å². The van der Waals surface area contributed by atoms with E-state index in [0.29, 0.717) is 0 Å². The number of rotatable bonds is 2. The number of piperidine rings is 2. The highest BCUT2D eigenvalue weighted by molar-refractivity contribution is 5.58. The Morgan fingerprint density at radius 1 is 1.18 bits per heavy atom. The number of hydrogen-bond donors (Lipinski definition) is 1. The van der Waals surface area contributed by atoms with E-state index in [2.05, 4.69) is 28.4 Å². The first-order valence-corrected chi connectivity index (χ1v) is 6.45. The molecule has 2 heterocycles. The van der Waals surface area contributed by atoms with Gasteiger partial charge in [-0.15, -0.1) is 0 Å². The summed E-state index contributed by atoms with van der Waals surface area (Å²) in [5.74, 6) is 2.60. The number of ether oxygens (including phenoxy) is 1. The number of anilines is 1. The Morgan fingerprint density at radius 2 is 1.88 bits per heavy atom. The van der Waals surface area contributed by atoms with E-state index in [1.807, 2.05) is 6.07 Å². The smallest absolute Gasteiger partial charge is 0.142 e. The molecule has 3 rings (SSSR count). The maximum atomic E-state index is 5.46. The van der Waals surface area contributed by atoms with E-state index < -0.39 is 0 Å². The molecule has 1 N–H and O–H groups in total. The van der Waals surface area contributed by atoms with Gasteiger partial charge in [0.25, 0.3) is 0 Å². The maximum absolute atomic E-state index is 5.46. The van der Waals surface area contributed by atoms with E-state index in [-0.39, 0.29) is 0 Å². The average Bonchev–Trinajstić information content (AvgIpc) is 2.38. The molecule has 2 atom stereocenters. The quantitative estimate of drug-likeness (QED) is 0.840. The van der Waals surface area contributed by atoms with Crippen molar-refractivity contribution in [3.8, 4) is 5.75 Å². The second-order valence-corrected chi connectivity index (χ2v) is 5.20. The minimum atomic E-state index is 0.799. The Balaban J connectivity index is 1.84. The number of nitrogens with zero attached hydrogens (tertiary/aromatic N) is 1. The lowest BCUT2D eigenvalue weighted by Gasteiger charge is -2.43. The first-order chi connectivity index (χ1) is 8.36. The summed E-state index contributed by atoms with van der Waals surface area (Å²) in [4.78, 5) is 2.50. The van der Waals surface area contributed by atoms with Crippen LogP contribution in [0, 0.1) is 11.8 Å². The van der Waals surface area contributed by atoms with Crippen LogP contribution < -0.4 is 15.0 Å². The molecule has 0 amide bonds. The summed E-state index contributed by atoms with van der Waals surface area (Å²) in [6, 6.07) is 8.36. The molecule has 0 radical (unpaired) electrons. The highest BCUT2D eigenvalue weighted by Gasteiger charge is 2.31. The lowest BCUT2D eigenvalue weighted by Crippen LogP contribution is -2.51. The van der Waals surface area contributed by atoms with Crippen molar-refractivity contribution in [2.45, 2.75) is 6.42 Å². The predicted molar refractivity (Wildman–Crippen MR) is 69.7 cm³/mol. The van der Waals surface area contributed by atoms with Gasteiger partial charge in [-0.3, -0.25) is 0 Å². The van der Waals surface area contributed by atoms with Gasteiger partial charge in [-0.2, -0.15) is 0 Å².